The van der Waals surface area contributed by atoms with Gasteiger partial charge in [0.05, 0.1) is 4.90 Å². The third-order valence-electron chi connectivity index (χ3n) is 3.55. The molecule has 2 aromatic carbocycles. The van der Waals surface area contributed by atoms with Crippen molar-refractivity contribution in [3.8, 4) is 0 Å². The van der Waals surface area contributed by atoms with Gasteiger partial charge < -0.3 is 10.6 Å². The maximum Gasteiger partial charge on any atom is 0.238 e. The minimum Gasteiger partial charge on any atom is -0.355 e. The highest BCUT2D eigenvalue weighted by molar-refractivity contribution is 8.00. The van der Waals surface area contributed by atoms with Gasteiger partial charge in [-0.25, -0.2) is 13.6 Å². The van der Waals surface area contributed by atoms with Crippen LogP contribution in [0.5, 0.6) is 0 Å². The van der Waals surface area contributed by atoms with Crippen LogP contribution in [0.1, 0.15) is 12.5 Å². The predicted molar refractivity (Wildman–Crippen MR) is 108 cm³/mol. The van der Waals surface area contributed by atoms with E-state index in [0.29, 0.717) is 17.8 Å². The molecule has 4 N–H and O–H groups in total. The van der Waals surface area contributed by atoms with E-state index in [1.807, 2.05) is 24.3 Å². The van der Waals surface area contributed by atoms with Crippen LogP contribution in [-0.4, -0.2) is 33.2 Å². The van der Waals surface area contributed by atoms with E-state index >= 15 is 0 Å². The summed E-state index contributed by atoms with van der Waals surface area (Å²) in [4.78, 5) is 5.53. The minimum atomic E-state index is -3.70. The Morgan fingerprint density at radius 2 is 1.88 bits per heavy atom. The molecule has 0 saturated heterocycles. The maximum absolute atomic E-state index is 11.4. The van der Waals surface area contributed by atoms with Crippen molar-refractivity contribution in [1.29, 1.82) is 0 Å². The van der Waals surface area contributed by atoms with E-state index in [0.717, 1.165) is 12.1 Å². The number of nitrogens with zero attached hydrogens (tertiary/aromatic N) is 1. The Hall–Kier alpha value is -2.03. The van der Waals surface area contributed by atoms with Crippen LogP contribution in [0, 0.1) is 0 Å². The van der Waals surface area contributed by atoms with Crippen molar-refractivity contribution in [1.82, 2.24) is 10.6 Å². The lowest BCUT2D eigenvalue weighted by molar-refractivity contribution is 0.597. The quantitative estimate of drug-likeness (QED) is 0.381. The number of sulfonamides is 1. The first kappa shape index (κ1) is 20.3. The summed E-state index contributed by atoms with van der Waals surface area (Å²) in [5.41, 5.74) is 0.811. The Morgan fingerprint density at radius 1 is 1.15 bits per heavy atom. The molecule has 0 amide bonds. The Labute approximate surface area is 159 Å². The number of nitrogens with two attached hydrogens (primary N) is 1. The fraction of sp³-hybridized carbons (Fsp3) is 0.278. The second-order valence-corrected chi connectivity index (χ2v) is 8.81. The summed E-state index contributed by atoms with van der Waals surface area (Å²) in [5, 5.41) is 12.0. The number of aliphatic imine (C=N–C) groups is 1. The van der Waals surface area contributed by atoms with E-state index in [2.05, 4.69) is 34.7 Å². The van der Waals surface area contributed by atoms with E-state index in [9.17, 15) is 8.42 Å². The summed E-state index contributed by atoms with van der Waals surface area (Å²) in [6.45, 7) is 3.34. The number of rotatable bonds is 7. The van der Waals surface area contributed by atoms with Crippen molar-refractivity contribution in [2.75, 3.05) is 13.6 Å². The van der Waals surface area contributed by atoms with Crippen LogP contribution in [0.4, 0.5) is 0 Å². The number of hydrogen-bond acceptors (Lipinski definition) is 4. The number of thioether (sulfide) groups is 1. The first-order valence-electron chi connectivity index (χ1n) is 8.16. The molecule has 26 heavy (non-hydrogen) atoms. The monoisotopic (exact) mass is 392 g/mol. The van der Waals surface area contributed by atoms with Crippen LogP contribution in [-0.2, 0) is 16.6 Å². The highest BCUT2D eigenvalue weighted by Crippen LogP contribution is 2.21. The van der Waals surface area contributed by atoms with Crippen LogP contribution >= 0.6 is 11.8 Å². The maximum atomic E-state index is 11.4. The Bertz CT molecular complexity index is 839. The molecule has 8 heteroatoms. The van der Waals surface area contributed by atoms with Crippen molar-refractivity contribution in [3.63, 3.8) is 0 Å². The molecule has 6 nitrogen and oxygen atoms in total. The van der Waals surface area contributed by atoms with E-state index in [1.165, 1.54) is 11.0 Å². The number of benzene rings is 2. The van der Waals surface area contributed by atoms with E-state index in [1.54, 1.807) is 30.9 Å². The molecule has 0 aliphatic rings. The predicted octanol–water partition coefficient (Wildman–Crippen LogP) is 2.18. The molecule has 0 spiro atoms. The summed E-state index contributed by atoms with van der Waals surface area (Å²) in [5.74, 6) is 0.659. The van der Waals surface area contributed by atoms with Crippen molar-refractivity contribution in [2.24, 2.45) is 10.1 Å². The van der Waals surface area contributed by atoms with Gasteiger partial charge in [0.15, 0.2) is 5.96 Å². The smallest absolute Gasteiger partial charge is 0.238 e. The van der Waals surface area contributed by atoms with E-state index in [-0.39, 0.29) is 4.90 Å². The molecular formula is C18H24N4O2S2. The van der Waals surface area contributed by atoms with Crippen LogP contribution in [0.3, 0.4) is 0 Å². The first-order valence-corrected chi connectivity index (χ1v) is 10.6. The largest absolute Gasteiger partial charge is 0.355 e. The number of guanidine groups is 1. The summed E-state index contributed by atoms with van der Waals surface area (Å²) in [6.07, 6.45) is 0. The molecule has 0 aliphatic heterocycles. The molecule has 0 fully saturated rings. The van der Waals surface area contributed by atoms with Gasteiger partial charge in [0.2, 0.25) is 10.0 Å². The number of nitrogens with one attached hydrogen (secondary N) is 2. The topological polar surface area (TPSA) is 96.6 Å². The Balaban J connectivity index is 1.84. The molecular weight excluding hydrogens is 368 g/mol. The van der Waals surface area contributed by atoms with Gasteiger partial charge in [-0.15, -0.1) is 11.8 Å². The van der Waals surface area contributed by atoms with Crippen LogP contribution in [0.15, 0.2) is 69.4 Å². The first-order chi connectivity index (χ1) is 12.4. The second kappa shape index (κ2) is 9.61. The third kappa shape index (κ3) is 6.70. The summed E-state index contributed by atoms with van der Waals surface area (Å²) < 4.78 is 22.9. The molecule has 0 aromatic heterocycles. The van der Waals surface area contributed by atoms with Gasteiger partial charge in [0.1, 0.15) is 0 Å². The lowest BCUT2D eigenvalue weighted by Gasteiger charge is -2.16. The van der Waals surface area contributed by atoms with Crippen molar-refractivity contribution >= 4 is 27.7 Å². The number of hydrogen-bond donors (Lipinski definition) is 3. The normalized spacial score (nSPS) is 13.3. The average Bonchev–Trinajstić information content (AvgIpc) is 2.62. The van der Waals surface area contributed by atoms with Gasteiger partial charge in [0.25, 0.3) is 0 Å². The van der Waals surface area contributed by atoms with Crippen molar-refractivity contribution < 1.29 is 8.42 Å². The highest BCUT2D eigenvalue weighted by atomic mass is 32.2. The molecule has 1 atom stereocenters. The minimum absolute atomic E-state index is 0.104. The fourth-order valence-corrected chi connectivity index (χ4v) is 3.78. The number of primary sulfonamides is 1. The molecule has 0 saturated carbocycles. The molecule has 0 bridgehead atoms. The Kier molecular flexibility index (Phi) is 7.50. The highest BCUT2D eigenvalue weighted by Gasteiger charge is 2.09. The van der Waals surface area contributed by atoms with Crippen LogP contribution < -0.4 is 15.8 Å². The lowest BCUT2D eigenvalue weighted by atomic mass is 10.2. The Morgan fingerprint density at radius 3 is 2.54 bits per heavy atom. The van der Waals surface area contributed by atoms with Gasteiger partial charge in [-0.3, -0.25) is 4.99 Å². The lowest BCUT2D eigenvalue weighted by Crippen LogP contribution is -2.39. The van der Waals surface area contributed by atoms with E-state index < -0.39 is 10.0 Å². The standard InChI is InChI=1S/C18H24N4O2S2/c1-14(25-16-8-4-3-5-9-16)12-21-18(20-2)22-13-15-7-6-10-17(11-15)26(19,23)24/h3-11,14H,12-13H2,1-2H3,(H2,19,23,24)(H2,20,21,22). The summed E-state index contributed by atoms with van der Waals surface area (Å²) in [7, 11) is -2.00. The van der Waals surface area contributed by atoms with Gasteiger partial charge in [-0.05, 0) is 29.8 Å². The average molecular weight is 393 g/mol. The summed E-state index contributed by atoms with van der Waals surface area (Å²) >= 11 is 1.79. The second-order valence-electron chi connectivity index (χ2n) is 5.74. The van der Waals surface area contributed by atoms with Crippen LogP contribution in [0.25, 0.3) is 0 Å². The SMILES string of the molecule is CN=C(NCc1cccc(S(N)(=O)=O)c1)NCC(C)Sc1ccccc1. The van der Waals surface area contributed by atoms with Crippen molar-refractivity contribution in [3.05, 3.63) is 60.2 Å². The zero-order valence-electron chi connectivity index (χ0n) is 14.8. The van der Waals surface area contributed by atoms with Gasteiger partial charge in [-0.1, -0.05) is 37.3 Å². The molecule has 0 aliphatic carbocycles. The molecule has 0 heterocycles. The molecule has 2 rings (SSSR count). The third-order valence-corrected chi connectivity index (χ3v) is 5.57. The molecule has 140 valence electrons. The fourth-order valence-electron chi connectivity index (χ4n) is 2.25. The van der Waals surface area contributed by atoms with Crippen molar-refractivity contribution in [2.45, 2.75) is 28.5 Å². The molecule has 0 radical (unpaired) electrons. The molecule has 2 aromatic rings. The van der Waals surface area contributed by atoms with Crippen LogP contribution in [0.2, 0.25) is 0 Å². The zero-order chi connectivity index (χ0) is 19.0. The summed E-state index contributed by atoms with van der Waals surface area (Å²) in [6, 6.07) is 16.8. The zero-order valence-corrected chi connectivity index (χ0v) is 16.5. The molecule has 1 unspecified atom stereocenters. The van der Waals surface area contributed by atoms with E-state index in [4.69, 9.17) is 5.14 Å². The van der Waals surface area contributed by atoms with Gasteiger partial charge in [-0.2, -0.15) is 0 Å². The van der Waals surface area contributed by atoms with Gasteiger partial charge >= 0.3 is 0 Å². The van der Waals surface area contributed by atoms with Gasteiger partial charge in [0, 0.05) is 30.3 Å².